The number of amides is 1. The predicted octanol–water partition coefficient (Wildman–Crippen LogP) is 3.22. The molecule has 1 heterocycles. The minimum Gasteiger partial charge on any atom is -0.454 e. The van der Waals surface area contributed by atoms with Gasteiger partial charge in [-0.1, -0.05) is 30.3 Å². The Morgan fingerprint density at radius 2 is 1.96 bits per heavy atom. The van der Waals surface area contributed by atoms with Gasteiger partial charge in [0.05, 0.1) is 6.10 Å². The van der Waals surface area contributed by atoms with E-state index >= 15 is 0 Å². The maximum absolute atomic E-state index is 11.1. The second kappa shape index (κ2) is 13.2. The van der Waals surface area contributed by atoms with E-state index in [-0.39, 0.29) is 35.8 Å². The molecular formula is C20H29IN4O3. The zero-order valence-corrected chi connectivity index (χ0v) is 18.6. The van der Waals surface area contributed by atoms with Gasteiger partial charge >= 0.3 is 0 Å². The number of aliphatic imine (C=N–C) groups is 1. The molecule has 0 bridgehead atoms. The standard InChI is InChI=1S/C20H28N4O3.HI/c1-3-22-20(24-14-17-10-11-18(27-17)19(21)25)23-12-7-13-26-15(2)16-8-5-4-6-9-16;/h4-6,8-11,15H,3,7,12-14H2,1-2H3,(H2,21,25)(H2,22,23,24);1H. The minimum atomic E-state index is -0.583. The summed E-state index contributed by atoms with van der Waals surface area (Å²) in [7, 11) is 0. The van der Waals surface area contributed by atoms with E-state index in [0.717, 1.165) is 19.5 Å². The van der Waals surface area contributed by atoms with Crippen molar-refractivity contribution < 1.29 is 13.9 Å². The Morgan fingerprint density at radius 1 is 1.21 bits per heavy atom. The molecule has 2 rings (SSSR count). The van der Waals surface area contributed by atoms with Crippen LogP contribution in [-0.2, 0) is 11.3 Å². The van der Waals surface area contributed by atoms with Gasteiger partial charge in [-0.25, -0.2) is 4.99 Å². The summed E-state index contributed by atoms with van der Waals surface area (Å²) >= 11 is 0. The average molecular weight is 500 g/mol. The Hall–Kier alpha value is -2.07. The monoisotopic (exact) mass is 500 g/mol. The highest BCUT2D eigenvalue weighted by Crippen LogP contribution is 2.15. The normalized spacial score (nSPS) is 12.1. The molecule has 8 heteroatoms. The van der Waals surface area contributed by atoms with E-state index in [9.17, 15) is 4.79 Å². The highest BCUT2D eigenvalue weighted by molar-refractivity contribution is 14.0. The Bertz CT molecular complexity index is 734. The molecule has 4 N–H and O–H groups in total. The van der Waals surface area contributed by atoms with Crippen molar-refractivity contribution in [2.45, 2.75) is 32.9 Å². The number of nitrogens with two attached hydrogens (primary N) is 1. The lowest BCUT2D eigenvalue weighted by atomic mass is 10.1. The van der Waals surface area contributed by atoms with Crippen LogP contribution >= 0.6 is 24.0 Å². The van der Waals surface area contributed by atoms with Crippen molar-refractivity contribution in [2.24, 2.45) is 10.7 Å². The van der Waals surface area contributed by atoms with Crippen molar-refractivity contribution in [2.75, 3.05) is 19.7 Å². The van der Waals surface area contributed by atoms with Crippen LogP contribution in [0.5, 0.6) is 0 Å². The lowest BCUT2D eigenvalue weighted by Crippen LogP contribution is -2.38. The average Bonchev–Trinajstić information content (AvgIpc) is 3.15. The van der Waals surface area contributed by atoms with Crippen LogP contribution in [0.1, 0.15) is 48.3 Å². The van der Waals surface area contributed by atoms with Crippen LogP contribution in [0.4, 0.5) is 0 Å². The molecule has 7 nitrogen and oxygen atoms in total. The van der Waals surface area contributed by atoms with Crippen LogP contribution < -0.4 is 16.4 Å². The van der Waals surface area contributed by atoms with Crippen molar-refractivity contribution in [3.8, 4) is 0 Å². The SMILES string of the molecule is CCNC(=NCc1ccc(C(N)=O)o1)NCCCOC(C)c1ccccc1.I. The number of benzene rings is 1. The molecule has 2 aromatic rings. The summed E-state index contributed by atoms with van der Waals surface area (Å²) in [6.45, 7) is 6.51. The van der Waals surface area contributed by atoms with Crippen molar-refractivity contribution in [3.63, 3.8) is 0 Å². The number of hydrogen-bond acceptors (Lipinski definition) is 4. The highest BCUT2D eigenvalue weighted by atomic mass is 127. The summed E-state index contributed by atoms with van der Waals surface area (Å²) in [6.07, 6.45) is 0.931. The highest BCUT2D eigenvalue weighted by Gasteiger charge is 2.07. The molecule has 1 amide bonds. The Morgan fingerprint density at radius 3 is 2.61 bits per heavy atom. The van der Waals surface area contributed by atoms with E-state index in [4.69, 9.17) is 14.9 Å². The number of hydrogen-bond donors (Lipinski definition) is 3. The van der Waals surface area contributed by atoms with Gasteiger partial charge in [0.15, 0.2) is 11.7 Å². The van der Waals surface area contributed by atoms with E-state index in [2.05, 4.69) is 34.7 Å². The van der Waals surface area contributed by atoms with Crippen LogP contribution in [0.3, 0.4) is 0 Å². The van der Waals surface area contributed by atoms with Gasteiger partial charge in [0.2, 0.25) is 0 Å². The maximum atomic E-state index is 11.1. The van der Waals surface area contributed by atoms with Crippen molar-refractivity contribution >= 4 is 35.8 Å². The van der Waals surface area contributed by atoms with E-state index in [1.165, 1.54) is 5.56 Å². The molecule has 0 fully saturated rings. The van der Waals surface area contributed by atoms with Gasteiger partial charge in [-0.05, 0) is 38.0 Å². The first-order chi connectivity index (χ1) is 13.1. The molecule has 1 atom stereocenters. The van der Waals surface area contributed by atoms with Crippen LogP contribution in [0.25, 0.3) is 0 Å². The second-order valence-corrected chi connectivity index (χ2v) is 6.03. The molecule has 1 unspecified atom stereocenters. The van der Waals surface area contributed by atoms with Gasteiger partial charge in [-0.3, -0.25) is 4.79 Å². The maximum Gasteiger partial charge on any atom is 0.284 e. The number of guanidine groups is 1. The minimum absolute atomic E-state index is 0. The molecule has 0 aliphatic rings. The third kappa shape index (κ3) is 8.30. The van der Waals surface area contributed by atoms with E-state index < -0.39 is 5.91 Å². The molecule has 1 aromatic heterocycles. The lowest BCUT2D eigenvalue weighted by molar-refractivity contribution is 0.0646. The van der Waals surface area contributed by atoms with E-state index in [1.807, 2.05) is 25.1 Å². The van der Waals surface area contributed by atoms with Gasteiger partial charge in [-0.2, -0.15) is 0 Å². The topological polar surface area (TPSA) is 102 Å². The van der Waals surface area contributed by atoms with Crippen molar-refractivity contribution in [1.82, 2.24) is 10.6 Å². The van der Waals surface area contributed by atoms with E-state index in [0.29, 0.717) is 24.9 Å². The molecule has 0 saturated carbocycles. The summed E-state index contributed by atoms with van der Waals surface area (Å²) in [5, 5.41) is 6.43. The first kappa shape index (κ1) is 24.0. The number of rotatable bonds is 10. The van der Waals surface area contributed by atoms with Gasteiger partial charge in [0, 0.05) is 19.7 Å². The Labute approximate surface area is 183 Å². The van der Waals surface area contributed by atoms with Crippen LogP contribution in [-0.4, -0.2) is 31.6 Å². The smallest absolute Gasteiger partial charge is 0.284 e. The van der Waals surface area contributed by atoms with Gasteiger partial charge < -0.3 is 25.5 Å². The molecule has 154 valence electrons. The summed E-state index contributed by atoms with van der Waals surface area (Å²) in [5.41, 5.74) is 6.35. The predicted molar refractivity (Wildman–Crippen MR) is 121 cm³/mol. The van der Waals surface area contributed by atoms with Crippen LogP contribution in [0.2, 0.25) is 0 Å². The quantitative estimate of drug-likeness (QED) is 0.201. The third-order valence-electron chi connectivity index (χ3n) is 3.89. The van der Waals surface area contributed by atoms with Crippen molar-refractivity contribution in [3.05, 3.63) is 59.5 Å². The zero-order valence-electron chi connectivity index (χ0n) is 16.3. The summed E-state index contributed by atoms with van der Waals surface area (Å²) in [4.78, 5) is 15.5. The van der Waals surface area contributed by atoms with Crippen molar-refractivity contribution in [1.29, 1.82) is 0 Å². The number of ether oxygens (including phenoxy) is 1. The molecule has 28 heavy (non-hydrogen) atoms. The number of primary amides is 1. The number of nitrogens with zero attached hydrogens (tertiary/aromatic N) is 1. The van der Waals surface area contributed by atoms with Gasteiger partial charge in [0.25, 0.3) is 5.91 Å². The molecule has 0 radical (unpaired) electrons. The van der Waals surface area contributed by atoms with Gasteiger partial charge in [-0.15, -0.1) is 24.0 Å². The fraction of sp³-hybridized carbons (Fsp3) is 0.400. The summed E-state index contributed by atoms with van der Waals surface area (Å²) < 4.78 is 11.2. The summed E-state index contributed by atoms with van der Waals surface area (Å²) in [6, 6.07) is 13.4. The van der Waals surface area contributed by atoms with Crippen LogP contribution in [0.15, 0.2) is 51.9 Å². The van der Waals surface area contributed by atoms with Crippen LogP contribution in [0, 0.1) is 0 Å². The fourth-order valence-electron chi connectivity index (χ4n) is 2.45. The number of carbonyl (C=O) groups excluding carboxylic acids is 1. The lowest BCUT2D eigenvalue weighted by Gasteiger charge is -2.14. The third-order valence-corrected chi connectivity index (χ3v) is 3.89. The fourth-order valence-corrected chi connectivity index (χ4v) is 2.45. The summed E-state index contributed by atoms with van der Waals surface area (Å²) in [5.74, 6) is 0.828. The molecule has 0 aliphatic heterocycles. The van der Waals surface area contributed by atoms with Gasteiger partial charge in [0.1, 0.15) is 12.3 Å². The second-order valence-electron chi connectivity index (χ2n) is 6.03. The Kier molecular flexibility index (Phi) is 11.3. The number of furan rings is 1. The molecular weight excluding hydrogens is 471 g/mol. The first-order valence-corrected chi connectivity index (χ1v) is 9.17. The molecule has 0 spiro atoms. The largest absolute Gasteiger partial charge is 0.454 e. The molecule has 1 aromatic carbocycles. The zero-order chi connectivity index (χ0) is 19.5. The first-order valence-electron chi connectivity index (χ1n) is 9.17. The number of nitrogens with one attached hydrogen (secondary N) is 2. The van der Waals surface area contributed by atoms with E-state index in [1.54, 1.807) is 12.1 Å². The number of halogens is 1. The Balaban J connectivity index is 0.00000392. The molecule has 0 aliphatic carbocycles. The molecule has 0 saturated heterocycles. The number of carbonyl (C=O) groups is 1.